The normalized spacial score (nSPS) is 31.1. The molecule has 16 nitrogen and oxygen atoms in total. The summed E-state index contributed by atoms with van der Waals surface area (Å²) < 4.78 is 26.6. The van der Waals surface area contributed by atoms with Crippen LogP contribution in [0.2, 0.25) is 0 Å². The van der Waals surface area contributed by atoms with E-state index in [1.54, 1.807) is 6.92 Å². The number of allylic oxidation sites excluding steroid dienone is 2. The van der Waals surface area contributed by atoms with E-state index in [1.165, 1.54) is 21.1 Å². The number of ether oxygens (including phenoxy) is 5. The van der Waals surface area contributed by atoms with Gasteiger partial charge in [0.25, 0.3) is 0 Å². The summed E-state index contributed by atoms with van der Waals surface area (Å²) in [5, 5.41) is 60.9. The molecule has 5 unspecified atom stereocenters. The number of aliphatic hydroxyl groups is 3. The number of methoxy groups -OCH3 is 4. The van der Waals surface area contributed by atoms with Gasteiger partial charge in [-0.15, -0.1) is 0 Å². The fraction of sp³-hybridized carbons (Fsp3) is 0.441. The van der Waals surface area contributed by atoms with Crippen LogP contribution in [-0.2, 0) is 35.7 Å². The highest BCUT2D eigenvalue weighted by atomic mass is 79.9. The number of hydrogen-bond donors (Lipinski definition) is 6. The number of phenolic OH excluding ortho intramolecular Hbond substituents is 2. The van der Waals surface area contributed by atoms with Crippen LogP contribution in [0.4, 0.5) is 0 Å². The summed E-state index contributed by atoms with van der Waals surface area (Å²) in [6.07, 6.45) is -7.63. The van der Waals surface area contributed by atoms with Crippen LogP contribution >= 0.6 is 31.9 Å². The molecular formula is C34H33Br2NO15. The maximum absolute atomic E-state index is 14.7. The lowest BCUT2D eigenvalue weighted by Crippen LogP contribution is -2.73. The second-order valence-electron chi connectivity index (χ2n) is 12.8. The fourth-order valence-electron chi connectivity index (χ4n) is 7.90. The standard InChI is InChI=1S/C34H33Br2NO15/c1-9-15(32(46)50-5)24(41)18-13(19(9)35)8-14(38)34(51-6)30(45)17-12(29(44)33(18,34)47)7-11-16(23(17)40)25(42)20(36)21(22(11)39)37-31-28(49-4)26(43)27(48-3)10(2)52-31/h7,10,14,26-28,31,37-38,40-41,43,47H,8H2,1-6H3/t10?,14-,26?,27?,28?,31?,33+,34-/m1/s1. The first kappa shape index (κ1) is 38.1. The molecule has 0 saturated carbocycles. The van der Waals surface area contributed by atoms with E-state index in [0.717, 1.165) is 20.3 Å². The molecule has 0 radical (unpaired) electrons. The van der Waals surface area contributed by atoms with Crippen molar-refractivity contribution >= 4 is 61.0 Å². The van der Waals surface area contributed by atoms with Crippen LogP contribution in [0.15, 0.2) is 20.7 Å². The Kier molecular flexibility index (Phi) is 9.58. The Balaban J connectivity index is 1.56. The molecular weight excluding hydrogens is 822 g/mol. The number of aromatic hydroxyl groups is 2. The van der Waals surface area contributed by atoms with Crippen LogP contribution in [-0.4, -0.2) is 125 Å². The molecule has 278 valence electrons. The zero-order valence-corrected chi connectivity index (χ0v) is 31.5. The highest BCUT2D eigenvalue weighted by Gasteiger charge is 2.73. The van der Waals surface area contributed by atoms with Gasteiger partial charge in [0.15, 0.2) is 17.4 Å². The summed E-state index contributed by atoms with van der Waals surface area (Å²) >= 11 is 6.41. The average Bonchev–Trinajstić information content (AvgIpc) is 3.10. The van der Waals surface area contributed by atoms with E-state index in [1.807, 2.05) is 0 Å². The number of aliphatic hydroxyl groups excluding tert-OH is 2. The molecule has 1 heterocycles. The zero-order chi connectivity index (χ0) is 38.5. The molecule has 8 atom stereocenters. The van der Waals surface area contributed by atoms with Crippen LogP contribution in [0.1, 0.15) is 75.4 Å². The molecule has 0 amide bonds. The van der Waals surface area contributed by atoms with Crippen LogP contribution in [0, 0.1) is 6.92 Å². The maximum atomic E-state index is 14.7. The first-order chi connectivity index (χ1) is 24.4. The van der Waals surface area contributed by atoms with Crippen LogP contribution < -0.4 is 5.32 Å². The lowest BCUT2D eigenvalue weighted by Gasteiger charge is -2.53. The Hall–Kier alpha value is -3.59. The van der Waals surface area contributed by atoms with Crippen LogP contribution in [0.25, 0.3) is 0 Å². The Bertz CT molecular complexity index is 2030. The van der Waals surface area contributed by atoms with Crippen molar-refractivity contribution in [2.24, 2.45) is 0 Å². The van der Waals surface area contributed by atoms with Gasteiger partial charge in [0.1, 0.15) is 41.1 Å². The Morgan fingerprint density at radius 1 is 0.942 bits per heavy atom. The van der Waals surface area contributed by atoms with Crippen molar-refractivity contribution in [3.63, 3.8) is 0 Å². The van der Waals surface area contributed by atoms with E-state index >= 15 is 0 Å². The van der Waals surface area contributed by atoms with Crippen molar-refractivity contribution in [1.29, 1.82) is 0 Å². The highest BCUT2D eigenvalue weighted by molar-refractivity contribution is 9.12. The summed E-state index contributed by atoms with van der Waals surface area (Å²) in [5.41, 5.74) is -10.5. The summed E-state index contributed by atoms with van der Waals surface area (Å²) in [6.45, 7) is 3.04. The molecule has 1 saturated heterocycles. The van der Waals surface area contributed by atoms with Gasteiger partial charge in [-0.05, 0) is 47.0 Å². The monoisotopic (exact) mass is 853 g/mol. The minimum atomic E-state index is -3.28. The third kappa shape index (κ3) is 4.72. The third-order valence-electron chi connectivity index (χ3n) is 10.4. The second kappa shape index (κ2) is 13.1. The quantitative estimate of drug-likeness (QED) is 0.224. The van der Waals surface area contributed by atoms with Crippen molar-refractivity contribution in [1.82, 2.24) is 5.32 Å². The Morgan fingerprint density at radius 2 is 1.58 bits per heavy atom. The van der Waals surface area contributed by atoms with Gasteiger partial charge in [0, 0.05) is 48.9 Å². The number of ketones is 4. The average molecular weight is 855 g/mol. The smallest absolute Gasteiger partial charge is 0.341 e. The number of Topliss-reactive ketones (excluding diaryl/α,β-unsaturated/α-hetero) is 4. The second-order valence-corrected chi connectivity index (χ2v) is 14.3. The molecule has 4 aliphatic rings. The number of carbonyl (C=O) groups excluding carboxylic acids is 5. The van der Waals surface area contributed by atoms with Gasteiger partial charge in [-0.2, -0.15) is 0 Å². The Morgan fingerprint density at radius 3 is 2.15 bits per heavy atom. The van der Waals surface area contributed by atoms with Gasteiger partial charge in [-0.3, -0.25) is 19.2 Å². The number of nitrogens with one attached hydrogen (secondary N) is 1. The fourth-order valence-corrected chi connectivity index (χ4v) is 8.95. The number of hydrogen-bond acceptors (Lipinski definition) is 16. The van der Waals surface area contributed by atoms with Crippen molar-refractivity contribution in [2.45, 2.75) is 68.2 Å². The third-order valence-corrected chi connectivity index (χ3v) is 12.2. The molecule has 6 rings (SSSR count). The molecule has 6 N–H and O–H groups in total. The van der Waals surface area contributed by atoms with Gasteiger partial charge in [-0.1, -0.05) is 15.9 Å². The molecule has 2 aromatic rings. The van der Waals surface area contributed by atoms with Gasteiger partial charge < -0.3 is 54.5 Å². The minimum absolute atomic E-state index is 0.0472. The SMILES string of the molecule is COC(=O)c1c(C)c(Br)c2c(c1O)[C@]1(O)C(=O)c3cc4c(c(O)c3C(=O)[C@]1(OC)[C@H](O)C2)C(=O)C(Br)=C(NC1OC(C)C(OC)C(O)C1OC)C4=O. The zero-order valence-electron chi connectivity index (χ0n) is 28.3. The first-order valence-corrected chi connectivity index (χ1v) is 17.2. The number of carbonyl (C=O) groups is 5. The molecule has 3 aliphatic carbocycles. The van der Waals surface area contributed by atoms with Gasteiger partial charge in [0.2, 0.25) is 23.1 Å². The summed E-state index contributed by atoms with van der Waals surface area (Å²) in [5.74, 6) is -7.89. The maximum Gasteiger partial charge on any atom is 0.341 e. The lowest BCUT2D eigenvalue weighted by molar-refractivity contribution is -0.236. The molecule has 2 aromatic carbocycles. The predicted molar refractivity (Wildman–Crippen MR) is 182 cm³/mol. The lowest BCUT2D eigenvalue weighted by atomic mass is 9.56. The molecule has 1 aliphatic heterocycles. The van der Waals surface area contributed by atoms with Crippen molar-refractivity contribution in [3.8, 4) is 11.5 Å². The van der Waals surface area contributed by atoms with E-state index < -0.39 is 139 Å². The first-order valence-electron chi connectivity index (χ1n) is 15.6. The number of esters is 1. The number of rotatable bonds is 6. The van der Waals surface area contributed by atoms with Crippen molar-refractivity contribution in [2.75, 3.05) is 28.4 Å². The molecule has 1 fully saturated rings. The Labute approximate surface area is 311 Å². The summed E-state index contributed by atoms with van der Waals surface area (Å²) in [4.78, 5) is 70.1. The molecule has 0 spiro atoms. The van der Waals surface area contributed by atoms with E-state index in [9.17, 15) is 49.5 Å². The molecule has 0 aromatic heterocycles. The van der Waals surface area contributed by atoms with E-state index in [-0.39, 0.29) is 15.6 Å². The predicted octanol–water partition coefficient (Wildman–Crippen LogP) is 1.24. The van der Waals surface area contributed by atoms with Crippen molar-refractivity contribution in [3.05, 3.63) is 65.2 Å². The topological polar surface area (TPSA) is 245 Å². The van der Waals surface area contributed by atoms with E-state index in [0.29, 0.717) is 0 Å². The number of halogens is 2. The molecule has 0 bridgehead atoms. The van der Waals surface area contributed by atoms with Crippen LogP contribution in [0.3, 0.4) is 0 Å². The van der Waals surface area contributed by atoms with E-state index in [4.69, 9.17) is 23.7 Å². The number of benzene rings is 2. The largest absolute Gasteiger partial charge is 0.507 e. The van der Waals surface area contributed by atoms with Crippen LogP contribution in [0.5, 0.6) is 11.5 Å². The van der Waals surface area contributed by atoms with Gasteiger partial charge >= 0.3 is 5.97 Å². The van der Waals surface area contributed by atoms with Crippen molar-refractivity contribution < 1.29 is 73.2 Å². The number of fused-ring (bicyclic) bond motifs is 5. The van der Waals surface area contributed by atoms with E-state index in [2.05, 4.69) is 37.2 Å². The number of phenols is 2. The van der Waals surface area contributed by atoms with Gasteiger partial charge in [-0.25, -0.2) is 4.79 Å². The summed E-state index contributed by atoms with van der Waals surface area (Å²) in [6, 6.07) is 0.833. The molecule has 18 heteroatoms. The minimum Gasteiger partial charge on any atom is -0.507 e. The summed E-state index contributed by atoms with van der Waals surface area (Å²) in [7, 11) is 4.59. The highest BCUT2D eigenvalue weighted by Crippen LogP contribution is 2.58. The van der Waals surface area contributed by atoms with Gasteiger partial charge in [0.05, 0.1) is 34.9 Å². The molecule has 52 heavy (non-hydrogen) atoms.